The van der Waals surface area contributed by atoms with Gasteiger partial charge in [-0.05, 0) is 55.7 Å². The van der Waals surface area contributed by atoms with Gasteiger partial charge in [0.1, 0.15) is 11.5 Å². The number of halogens is 1. The van der Waals surface area contributed by atoms with Crippen LogP contribution in [0.25, 0.3) is 10.9 Å². The molecule has 4 nitrogen and oxygen atoms in total. The number of methoxy groups -OCH3 is 1. The first-order valence-corrected chi connectivity index (χ1v) is 9.16. The molecule has 0 aliphatic carbocycles. The van der Waals surface area contributed by atoms with Crippen LogP contribution in [0, 0.1) is 6.92 Å². The van der Waals surface area contributed by atoms with Crippen LogP contribution in [0.4, 0.5) is 5.69 Å². The maximum absolute atomic E-state index is 6.04. The molecule has 0 atom stereocenters. The second kappa shape index (κ2) is 8.59. The number of rotatable bonds is 6. The van der Waals surface area contributed by atoms with Gasteiger partial charge in [0.2, 0.25) is 0 Å². The lowest BCUT2D eigenvalue weighted by Gasteiger charge is -2.21. The number of nitrogens with zero attached hydrogens (tertiary/aromatic N) is 2. The summed E-state index contributed by atoms with van der Waals surface area (Å²) in [6.45, 7) is 4.95. The zero-order valence-electron chi connectivity index (χ0n) is 15.8. The third-order valence-corrected chi connectivity index (χ3v) is 4.94. The summed E-state index contributed by atoms with van der Waals surface area (Å²) in [5, 5.41) is 1.17. The van der Waals surface area contributed by atoms with Crippen LogP contribution in [-0.2, 0) is 11.2 Å². The number of aromatic nitrogens is 1. The molecule has 1 aromatic heterocycles. The average molecular weight is 385 g/mol. The van der Waals surface area contributed by atoms with Gasteiger partial charge >= 0.3 is 0 Å². The molecule has 3 aromatic rings. The van der Waals surface area contributed by atoms with Crippen molar-refractivity contribution in [1.82, 2.24) is 4.98 Å². The van der Waals surface area contributed by atoms with E-state index in [9.17, 15) is 0 Å². The first kappa shape index (κ1) is 19.5. The van der Waals surface area contributed by atoms with E-state index in [2.05, 4.69) is 24.0 Å². The number of pyridine rings is 1. The van der Waals surface area contributed by atoms with Crippen LogP contribution in [0.1, 0.15) is 17.7 Å². The third-order valence-electron chi connectivity index (χ3n) is 4.94. The summed E-state index contributed by atoms with van der Waals surface area (Å²) in [5.41, 5.74) is 4.85. The van der Waals surface area contributed by atoms with Crippen molar-refractivity contribution < 1.29 is 9.47 Å². The van der Waals surface area contributed by atoms with E-state index in [4.69, 9.17) is 14.5 Å². The molecular weight excluding hydrogens is 360 g/mol. The molecule has 0 saturated carbocycles. The van der Waals surface area contributed by atoms with Gasteiger partial charge in [0, 0.05) is 37.9 Å². The van der Waals surface area contributed by atoms with E-state index >= 15 is 0 Å². The predicted molar refractivity (Wildman–Crippen MR) is 113 cm³/mol. The van der Waals surface area contributed by atoms with Gasteiger partial charge in [-0.25, -0.2) is 0 Å². The Morgan fingerprint density at radius 1 is 1.07 bits per heavy atom. The lowest BCUT2D eigenvalue weighted by molar-refractivity contribution is 0.196. The normalized spacial score (nSPS) is 12.7. The van der Waals surface area contributed by atoms with Gasteiger partial charge in [-0.15, -0.1) is 12.4 Å². The van der Waals surface area contributed by atoms with Gasteiger partial charge in [-0.3, -0.25) is 4.98 Å². The minimum Gasteiger partial charge on any atom is -0.457 e. The molecule has 0 spiro atoms. The highest BCUT2D eigenvalue weighted by atomic mass is 35.5. The number of anilines is 1. The molecule has 27 heavy (non-hydrogen) atoms. The van der Waals surface area contributed by atoms with E-state index < -0.39 is 0 Å². The molecule has 0 fully saturated rings. The Balaban J connectivity index is 0.00000210. The Bertz CT molecular complexity index is 915. The molecule has 0 amide bonds. The first-order valence-electron chi connectivity index (χ1n) is 9.16. The van der Waals surface area contributed by atoms with Crippen LogP contribution in [0.15, 0.2) is 48.5 Å². The summed E-state index contributed by atoms with van der Waals surface area (Å²) in [6, 6.07) is 16.1. The van der Waals surface area contributed by atoms with Crippen molar-refractivity contribution in [3.63, 3.8) is 0 Å². The van der Waals surface area contributed by atoms with Crippen molar-refractivity contribution in [3.05, 3.63) is 59.8 Å². The fraction of sp³-hybridized carbons (Fsp3) is 0.318. The zero-order chi connectivity index (χ0) is 17.9. The van der Waals surface area contributed by atoms with Crippen molar-refractivity contribution >= 4 is 29.0 Å². The summed E-state index contributed by atoms with van der Waals surface area (Å²) >= 11 is 0. The largest absolute Gasteiger partial charge is 0.457 e. The Morgan fingerprint density at radius 3 is 2.67 bits per heavy atom. The standard InChI is InChI=1S/C22H24N2O2.ClH/c1-16-19-11-13-24(12-6-14-25-2)22(19)20-15-18(9-10-21(20)23-16)26-17-7-4-3-5-8-17;/h3-5,7-10,15H,6,11-14H2,1-2H3;1H. The van der Waals surface area contributed by atoms with Crippen molar-refractivity contribution in [2.75, 3.05) is 31.7 Å². The highest BCUT2D eigenvalue weighted by Crippen LogP contribution is 2.38. The maximum atomic E-state index is 6.04. The lowest BCUT2D eigenvalue weighted by Crippen LogP contribution is -2.23. The van der Waals surface area contributed by atoms with E-state index in [1.165, 1.54) is 16.6 Å². The minimum atomic E-state index is 0. The fourth-order valence-electron chi connectivity index (χ4n) is 3.71. The van der Waals surface area contributed by atoms with E-state index in [0.717, 1.165) is 55.2 Å². The molecule has 0 saturated heterocycles. The zero-order valence-corrected chi connectivity index (χ0v) is 16.6. The van der Waals surface area contributed by atoms with Crippen LogP contribution in [-0.4, -0.2) is 31.8 Å². The average Bonchev–Trinajstić information content (AvgIpc) is 3.08. The number of aryl methyl sites for hydroxylation is 1. The van der Waals surface area contributed by atoms with Gasteiger partial charge in [0.25, 0.3) is 0 Å². The Kier molecular flexibility index (Phi) is 6.19. The molecule has 1 aliphatic heterocycles. The number of hydrogen-bond acceptors (Lipinski definition) is 4. The van der Waals surface area contributed by atoms with Crippen molar-refractivity contribution in [1.29, 1.82) is 0 Å². The monoisotopic (exact) mass is 384 g/mol. The molecule has 0 N–H and O–H groups in total. The first-order chi connectivity index (χ1) is 12.8. The summed E-state index contributed by atoms with van der Waals surface area (Å²) in [7, 11) is 1.76. The van der Waals surface area contributed by atoms with Gasteiger partial charge in [0.05, 0.1) is 11.2 Å². The van der Waals surface area contributed by atoms with Gasteiger partial charge in [-0.2, -0.15) is 0 Å². The van der Waals surface area contributed by atoms with Crippen LogP contribution in [0.3, 0.4) is 0 Å². The molecule has 4 rings (SSSR count). The van der Waals surface area contributed by atoms with Gasteiger partial charge in [0.15, 0.2) is 0 Å². The molecule has 142 valence electrons. The van der Waals surface area contributed by atoms with Gasteiger partial charge < -0.3 is 14.4 Å². The maximum Gasteiger partial charge on any atom is 0.128 e. The smallest absolute Gasteiger partial charge is 0.128 e. The second-order valence-corrected chi connectivity index (χ2v) is 6.70. The molecule has 2 heterocycles. The molecule has 0 unspecified atom stereocenters. The van der Waals surface area contributed by atoms with Crippen LogP contribution < -0.4 is 9.64 Å². The highest BCUT2D eigenvalue weighted by molar-refractivity contribution is 5.96. The quantitative estimate of drug-likeness (QED) is 0.550. The number of benzene rings is 2. The van der Waals surface area contributed by atoms with E-state index in [1.807, 2.05) is 36.4 Å². The highest BCUT2D eigenvalue weighted by Gasteiger charge is 2.24. The van der Waals surface area contributed by atoms with Crippen LogP contribution in [0.2, 0.25) is 0 Å². The third kappa shape index (κ3) is 4.02. The Labute approximate surface area is 166 Å². The molecule has 0 bridgehead atoms. The molecular formula is C22H25ClN2O2. The molecule has 5 heteroatoms. The second-order valence-electron chi connectivity index (χ2n) is 6.70. The summed E-state index contributed by atoms with van der Waals surface area (Å²) in [4.78, 5) is 7.29. The van der Waals surface area contributed by atoms with Crippen molar-refractivity contribution in [3.8, 4) is 11.5 Å². The Morgan fingerprint density at radius 2 is 1.89 bits per heavy atom. The van der Waals surface area contributed by atoms with Crippen molar-refractivity contribution in [2.45, 2.75) is 19.8 Å². The molecule has 0 radical (unpaired) electrons. The number of ether oxygens (including phenoxy) is 2. The topological polar surface area (TPSA) is 34.6 Å². The SMILES string of the molecule is COCCCN1CCc2c(C)nc3ccc(Oc4ccccc4)cc3c21.Cl. The number of para-hydroxylation sites is 1. The van der Waals surface area contributed by atoms with Crippen molar-refractivity contribution in [2.24, 2.45) is 0 Å². The summed E-state index contributed by atoms with van der Waals surface area (Å²) < 4.78 is 11.3. The summed E-state index contributed by atoms with van der Waals surface area (Å²) in [6.07, 6.45) is 2.08. The van der Waals surface area contributed by atoms with E-state index in [0.29, 0.717) is 0 Å². The molecule has 1 aliphatic rings. The van der Waals surface area contributed by atoms with E-state index in [1.54, 1.807) is 7.11 Å². The lowest BCUT2D eigenvalue weighted by atomic mass is 10.1. The van der Waals surface area contributed by atoms with Crippen LogP contribution in [0.5, 0.6) is 11.5 Å². The van der Waals surface area contributed by atoms with Gasteiger partial charge in [-0.1, -0.05) is 18.2 Å². The predicted octanol–water partition coefficient (Wildman–Crippen LogP) is 5.16. The van der Waals surface area contributed by atoms with E-state index in [-0.39, 0.29) is 12.4 Å². The minimum absolute atomic E-state index is 0. The molecule has 2 aromatic carbocycles. The number of fused-ring (bicyclic) bond motifs is 3. The fourth-order valence-corrected chi connectivity index (χ4v) is 3.71. The summed E-state index contributed by atoms with van der Waals surface area (Å²) in [5.74, 6) is 1.70. The number of hydrogen-bond donors (Lipinski definition) is 0. The van der Waals surface area contributed by atoms with Crippen LogP contribution >= 0.6 is 12.4 Å². The Hall–Kier alpha value is -2.30.